The summed E-state index contributed by atoms with van der Waals surface area (Å²) in [6.45, 7) is 0. The summed E-state index contributed by atoms with van der Waals surface area (Å²) in [5.74, 6) is -0.450. The predicted octanol–water partition coefficient (Wildman–Crippen LogP) is 2.75. The van der Waals surface area contributed by atoms with Gasteiger partial charge in [0.1, 0.15) is 0 Å². The standard InChI is InChI=1S/C8H6Cl4N2O/c9-7(8(10,11)12)14-6(15)5-2-1-3-13-4-5/h1-4,7H,(H,14,15). The number of pyridine rings is 1. The van der Waals surface area contributed by atoms with Crippen LogP contribution in [0.2, 0.25) is 0 Å². The van der Waals surface area contributed by atoms with Gasteiger partial charge in [-0.25, -0.2) is 0 Å². The van der Waals surface area contributed by atoms with Crippen molar-refractivity contribution in [3.63, 3.8) is 0 Å². The number of alkyl halides is 4. The first kappa shape index (κ1) is 12.8. The Bertz CT molecular complexity index is 338. The normalized spacial score (nSPS) is 13.3. The zero-order chi connectivity index (χ0) is 11.5. The molecule has 1 aromatic heterocycles. The number of nitrogens with zero attached hydrogens (tertiary/aromatic N) is 1. The van der Waals surface area contributed by atoms with E-state index in [0.29, 0.717) is 5.56 Å². The second-order valence-corrected chi connectivity index (χ2v) is 5.42. The van der Waals surface area contributed by atoms with Crippen LogP contribution in [0, 0.1) is 0 Å². The first-order valence-corrected chi connectivity index (χ1v) is 5.40. The number of carbonyl (C=O) groups is 1. The van der Waals surface area contributed by atoms with Crippen molar-refractivity contribution in [2.75, 3.05) is 0 Å². The first-order valence-electron chi connectivity index (χ1n) is 3.83. The van der Waals surface area contributed by atoms with E-state index in [-0.39, 0.29) is 0 Å². The molecule has 0 aromatic carbocycles. The Labute approximate surface area is 107 Å². The Morgan fingerprint density at radius 2 is 2.13 bits per heavy atom. The minimum Gasteiger partial charge on any atom is -0.332 e. The van der Waals surface area contributed by atoms with E-state index in [2.05, 4.69) is 10.3 Å². The lowest BCUT2D eigenvalue weighted by atomic mass is 10.3. The lowest BCUT2D eigenvalue weighted by molar-refractivity contribution is 0.0949. The molecule has 1 amide bonds. The Hall–Kier alpha value is -0.220. The van der Waals surface area contributed by atoms with Crippen molar-refractivity contribution in [1.29, 1.82) is 0 Å². The highest BCUT2D eigenvalue weighted by Gasteiger charge is 2.32. The second-order valence-electron chi connectivity index (χ2n) is 2.62. The third-order valence-electron chi connectivity index (χ3n) is 1.47. The maximum Gasteiger partial charge on any atom is 0.254 e. The van der Waals surface area contributed by atoms with Crippen LogP contribution < -0.4 is 5.32 Å². The molecule has 0 radical (unpaired) electrons. The number of amides is 1. The van der Waals surface area contributed by atoms with Gasteiger partial charge in [-0.2, -0.15) is 0 Å². The largest absolute Gasteiger partial charge is 0.332 e. The predicted molar refractivity (Wildman–Crippen MR) is 61.6 cm³/mol. The fraction of sp³-hybridized carbons (Fsp3) is 0.250. The quantitative estimate of drug-likeness (QED) is 0.671. The van der Waals surface area contributed by atoms with Crippen LogP contribution in [0.4, 0.5) is 0 Å². The average molecular weight is 288 g/mol. The maximum absolute atomic E-state index is 11.5. The topological polar surface area (TPSA) is 42.0 Å². The molecule has 0 fully saturated rings. The third kappa shape index (κ3) is 4.03. The fourth-order valence-corrected chi connectivity index (χ4v) is 1.04. The summed E-state index contributed by atoms with van der Waals surface area (Å²) in [4.78, 5) is 15.3. The Morgan fingerprint density at radius 1 is 1.47 bits per heavy atom. The molecule has 0 saturated carbocycles. The number of nitrogens with one attached hydrogen (secondary N) is 1. The summed E-state index contributed by atoms with van der Waals surface area (Å²) in [6.07, 6.45) is 2.93. The molecular weight excluding hydrogens is 282 g/mol. The van der Waals surface area contributed by atoms with Crippen LogP contribution >= 0.6 is 46.4 Å². The lowest BCUT2D eigenvalue weighted by Gasteiger charge is -2.18. The maximum atomic E-state index is 11.5. The number of halogens is 4. The number of aromatic nitrogens is 1. The Morgan fingerprint density at radius 3 is 2.60 bits per heavy atom. The van der Waals surface area contributed by atoms with Gasteiger partial charge in [0.05, 0.1) is 5.56 Å². The van der Waals surface area contributed by atoms with Crippen LogP contribution in [0.5, 0.6) is 0 Å². The van der Waals surface area contributed by atoms with E-state index in [1.807, 2.05) is 0 Å². The minimum absolute atomic E-state index is 0.345. The summed E-state index contributed by atoms with van der Waals surface area (Å²) < 4.78 is -1.75. The van der Waals surface area contributed by atoms with Crippen molar-refractivity contribution in [3.05, 3.63) is 30.1 Å². The zero-order valence-electron chi connectivity index (χ0n) is 7.25. The number of hydrogen-bond acceptors (Lipinski definition) is 2. The minimum atomic E-state index is -1.75. The Balaban J connectivity index is 2.65. The van der Waals surface area contributed by atoms with Gasteiger partial charge in [0.25, 0.3) is 5.91 Å². The number of carbonyl (C=O) groups excluding carboxylic acids is 1. The molecule has 1 rings (SSSR count). The molecule has 7 heteroatoms. The van der Waals surface area contributed by atoms with Gasteiger partial charge in [-0.1, -0.05) is 46.4 Å². The van der Waals surface area contributed by atoms with Gasteiger partial charge in [-0.15, -0.1) is 0 Å². The van der Waals surface area contributed by atoms with Crippen LogP contribution in [-0.4, -0.2) is 20.2 Å². The van der Waals surface area contributed by atoms with E-state index in [4.69, 9.17) is 46.4 Å². The van der Waals surface area contributed by atoms with Crippen molar-refractivity contribution >= 4 is 52.3 Å². The molecule has 0 aliphatic carbocycles. The molecule has 0 saturated heterocycles. The summed E-state index contributed by atoms with van der Waals surface area (Å²) in [7, 11) is 0. The molecule has 0 aliphatic heterocycles. The van der Waals surface area contributed by atoms with Gasteiger partial charge in [-0.3, -0.25) is 9.78 Å². The zero-order valence-corrected chi connectivity index (χ0v) is 10.3. The average Bonchev–Trinajstić information content (AvgIpc) is 2.17. The van der Waals surface area contributed by atoms with E-state index in [0.717, 1.165) is 0 Å². The van der Waals surface area contributed by atoms with E-state index < -0.39 is 15.2 Å². The van der Waals surface area contributed by atoms with Crippen molar-refractivity contribution in [3.8, 4) is 0 Å². The molecule has 1 aromatic rings. The number of hydrogen-bond donors (Lipinski definition) is 1. The van der Waals surface area contributed by atoms with Gasteiger partial charge in [0, 0.05) is 12.4 Å². The molecule has 1 unspecified atom stereocenters. The van der Waals surface area contributed by atoms with Gasteiger partial charge < -0.3 is 5.32 Å². The van der Waals surface area contributed by atoms with Crippen molar-refractivity contribution in [2.45, 2.75) is 9.29 Å². The van der Waals surface area contributed by atoms with Gasteiger partial charge >= 0.3 is 0 Å². The van der Waals surface area contributed by atoms with E-state index in [9.17, 15) is 4.79 Å². The highest BCUT2D eigenvalue weighted by atomic mass is 35.6. The number of rotatable bonds is 2. The van der Waals surface area contributed by atoms with Crippen LogP contribution in [0.25, 0.3) is 0 Å². The third-order valence-corrected chi connectivity index (χ3v) is 2.90. The SMILES string of the molecule is O=C(NC(Cl)C(Cl)(Cl)Cl)c1cccnc1. The van der Waals surface area contributed by atoms with Gasteiger partial charge in [0.2, 0.25) is 3.79 Å². The molecule has 15 heavy (non-hydrogen) atoms. The van der Waals surface area contributed by atoms with E-state index in [1.165, 1.54) is 6.20 Å². The first-order chi connectivity index (χ1) is 6.91. The van der Waals surface area contributed by atoms with E-state index >= 15 is 0 Å². The second kappa shape index (κ2) is 5.21. The lowest BCUT2D eigenvalue weighted by Crippen LogP contribution is -2.39. The van der Waals surface area contributed by atoms with Crippen LogP contribution in [0.3, 0.4) is 0 Å². The summed E-state index contributed by atoms with van der Waals surface area (Å²) in [5.41, 5.74) is -0.757. The Kier molecular flexibility index (Phi) is 4.46. The van der Waals surface area contributed by atoms with Gasteiger partial charge in [-0.05, 0) is 12.1 Å². The molecule has 0 bridgehead atoms. The highest BCUT2D eigenvalue weighted by molar-refractivity contribution is 6.70. The van der Waals surface area contributed by atoms with Crippen molar-refractivity contribution in [2.24, 2.45) is 0 Å². The summed E-state index contributed by atoms with van der Waals surface area (Å²) in [5, 5.41) is 2.33. The summed E-state index contributed by atoms with van der Waals surface area (Å²) >= 11 is 22.1. The molecule has 3 nitrogen and oxygen atoms in total. The van der Waals surface area contributed by atoms with Crippen molar-refractivity contribution in [1.82, 2.24) is 10.3 Å². The monoisotopic (exact) mass is 286 g/mol. The molecule has 82 valence electrons. The molecular formula is C8H6Cl4N2O. The fourth-order valence-electron chi connectivity index (χ4n) is 0.777. The van der Waals surface area contributed by atoms with Crippen LogP contribution in [0.15, 0.2) is 24.5 Å². The molecule has 1 N–H and O–H groups in total. The van der Waals surface area contributed by atoms with Crippen LogP contribution in [-0.2, 0) is 0 Å². The van der Waals surface area contributed by atoms with E-state index in [1.54, 1.807) is 18.3 Å². The van der Waals surface area contributed by atoms with Crippen LogP contribution in [0.1, 0.15) is 10.4 Å². The molecule has 1 heterocycles. The smallest absolute Gasteiger partial charge is 0.254 e. The molecule has 1 atom stereocenters. The molecule has 0 aliphatic rings. The van der Waals surface area contributed by atoms with Crippen molar-refractivity contribution < 1.29 is 4.79 Å². The van der Waals surface area contributed by atoms with Gasteiger partial charge in [0.15, 0.2) is 5.50 Å². The molecule has 0 spiro atoms. The highest BCUT2D eigenvalue weighted by Crippen LogP contribution is 2.32. The summed E-state index contributed by atoms with van der Waals surface area (Å²) in [6, 6.07) is 3.19.